The standard InChI is InChI=1S/C17H26N2O2/c1-2-20-9-5-15-6-10-21-17(11-15)13-19(14-17)12-16-3-7-18-8-4-16/h3-4,7-8,15H,2,5-6,9-14H2,1H3/t15-/m1/s1. The van der Waals surface area contributed by atoms with Crippen molar-refractivity contribution in [1.82, 2.24) is 9.88 Å². The van der Waals surface area contributed by atoms with E-state index in [0.717, 1.165) is 45.4 Å². The van der Waals surface area contributed by atoms with E-state index in [1.807, 2.05) is 12.4 Å². The molecular weight excluding hydrogens is 264 g/mol. The Kier molecular flexibility index (Phi) is 4.88. The number of pyridine rings is 1. The summed E-state index contributed by atoms with van der Waals surface area (Å²) in [6.07, 6.45) is 7.31. The molecule has 0 N–H and O–H groups in total. The molecule has 2 saturated heterocycles. The molecular formula is C17H26N2O2. The second kappa shape index (κ2) is 6.86. The largest absolute Gasteiger partial charge is 0.382 e. The van der Waals surface area contributed by atoms with Crippen LogP contribution in [0.5, 0.6) is 0 Å². The van der Waals surface area contributed by atoms with Gasteiger partial charge in [-0.05, 0) is 49.8 Å². The van der Waals surface area contributed by atoms with E-state index in [0.29, 0.717) is 0 Å². The van der Waals surface area contributed by atoms with Crippen LogP contribution in [0.15, 0.2) is 24.5 Å². The highest BCUT2D eigenvalue weighted by Gasteiger charge is 2.46. The van der Waals surface area contributed by atoms with Crippen LogP contribution in [0.4, 0.5) is 0 Å². The first kappa shape index (κ1) is 14.9. The van der Waals surface area contributed by atoms with E-state index in [1.54, 1.807) is 0 Å². The summed E-state index contributed by atoms with van der Waals surface area (Å²) in [5, 5.41) is 0. The molecule has 2 fully saturated rings. The van der Waals surface area contributed by atoms with Crippen molar-refractivity contribution in [3.63, 3.8) is 0 Å². The molecule has 4 heteroatoms. The number of hydrogen-bond acceptors (Lipinski definition) is 4. The SMILES string of the molecule is CCOCC[C@@H]1CCOC2(C1)CN(Cc1ccncc1)C2. The van der Waals surface area contributed by atoms with Crippen LogP contribution in [0, 0.1) is 5.92 Å². The minimum absolute atomic E-state index is 0.127. The van der Waals surface area contributed by atoms with Gasteiger partial charge >= 0.3 is 0 Å². The van der Waals surface area contributed by atoms with E-state index in [2.05, 4.69) is 28.9 Å². The van der Waals surface area contributed by atoms with Crippen molar-refractivity contribution < 1.29 is 9.47 Å². The third-order valence-corrected chi connectivity index (χ3v) is 4.65. The van der Waals surface area contributed by atoms with Gasteiger partial charge in [0, 0.05) is 51.8 Å². The highest BCUT2D eigenvalue weighted by Crippen LogP contribution is 2.38. The molecule has 1 aromatic heterocycles. The summed E-state index contributed by atoms with van der Waals surface area (Å²) >= 11 is 0. The maximum atomic E-state index is 6.11. The van der Waals surface area contributed by atoms with Gasteiger partial charge in [0.05, 0.1) is 5.60 Å². The Bertz CT molecular complexity index is 432. The van der Waals surface area contributed by atoms with Gasteiger partial charge in [-0.15, -0.1) is 0 Å². The molecule has 2 aliphatic heterocycles. The van der Waals surface area contributed by atoms with Crippen LogP contribution in [0.25, 0.3) is 0 Å². The highest BCUT2D eigenvalue weighted by atomic mass is 16.5. The van der Waals surface area contributed by atoms with Gasteiger partial charge in [-0.1, -0.05) is 0 Å². The first-order valence-corrected chi connectivity index (χ1v) is 8.13. The van der Waals surface area contributed by atoms with Gasteiger partial charge in [-0.3, -0.25) is 9.88 Å². The number of ether oxygens (including phenoxy) is 2. The predicted octanol–water partition coefficient (Wildman–Crippen LogP) is 2.49. The van der Waals surface area contributed by atoms with Crippen molar-refractivity contribution in [2.75, 3.05) is 32.9 Å². The van der Waals surface area contributed by atoms with Gasteiger partial charge in [-0.25, -0.2) is 0 Å². The van der Waals surface area contributed by atoms with E-state index >= 15 is 0 Å². The molecule has 1 aromatic rings. The van der Waals surface area contributed by atoms with E-state index in [-0.39, 0.29) is 5.60 Å². The van der Waals surface area contributed by atoms with Crippen LogP contribution in [-0.2, 0) is 16.0 Å². The van der Waals surface area contributed by atoms with Gasteiger partial charge < -0.3 is 9.47 Å². The van der Waals surface area contributed by atoms with Crippen molar-refractivity contribution in [2.24, 2.45) is 5.92 Å². The summed E-state index contributed by atoms with van der Waals surface area (Å²) < 4.78 is 11.6. The molecule has 3 heterocycles. The topological polar surface area (TPSA) is 34.6 Å². The molecule has 0 amide bonds. The summed E-state index contributed by atoms with van der Waals surface area (Å²) in [5.74, 6) is 0.772. The molecule has 4 nitrogen and oxygen atoms in total. The summed E-state index contributed by atoms with van der Waals surface area (Å²) in [6.45, 7) is 7.86. The minimum Gasteiger partial charge on any atom is -0.382 e. The maximum absolute atomic E-state index is 6.11. The Morgan fingerprint density at radius 1 is 1.38 bits per heavy atom. The zero-order valence-corrected chi connectivity index (χ0v) is 13.0. The van der Waals surface area contributed by atoms with Gasteiger partial charge in [0.1, 0.15) is 0 Å². The third-order valence-electron chi connectivity index (χ3n) is 4.65. The molecule has 0 aliphatic carbocycles. The average molecular weight is 290 g/mol. The lowest BCUT2D eigenvalue weighted by molar-refractivity contribution is -0.182. The number of likely N-dealkylation sites (tertiary alicyclic amines) is 1. The first-order valence-electron chi connectivity index (χ1n) is 8.13. The fraction of sp³-hybridized carbons (Fsp3) is 0.706. The zero-order chi connectivity index (χ0) is 14.5. The second-order valence-electron chi connectivity index (χ2n) is 6.38. The highest BCUT2D eigenvalue weighted by molar-refractivity contribution is 5.12. The van der Waals surface area contributed by atoms with Crippen molar-refractivity contribution in [1.29, 1.82) is 0 Å². The van der Waals surface area contributed by atoms with Crippen LogP contribution in [-0.4, -0.2) is 48.4 Å². The van der Waals surface area contributed by atoms with Gasteiger partial charge in [0.15, 0.2) is 0 Å². The smallest absolute Gasteiger partial charge is 0.0937 e. The lowest BCUT2D eigenvalue weighted by Crippen LogP contribution is -2.64. The number of nitrogens with zero attached hydrogens (tertiary/aromatic N) is 2. The lowest BCUT2D eigenvalue weighted by Gasteiger charge is -2.53. The predicted molar refractivity (Wildman–Crippen MR) is 82.0 cm³/mol. The average Bonchev–Trinajstić information content (AvgIpc) is 2.48. The fourth-order valence-electron chi connectivity index (χ4n) is 3.62. The second-order valence-corrected chi connectivity index (χ2v) is 6.38. The van der Waals surface area contributed by atoms with Crippen molar-refractivity contribution >= 4 is 0 Å². The van der Waals surface area contributed by atoms with Gasteiger partial charge in [-0.2, -0.15) is 0 Å². The number of hydrogen-bond donors (Lipinski definition) is 0. The van der Waals surface area contributed by atoms with Crippen LogP contribution >= 0.6 is 0 Å². The van der Waals surface area contributed by atoms with Crippen LogP contribution in [0.3, 0.4) is 0 Å². The molecule has 1 atom stereocenters. The van der Waals surface area contributed by atoms with Crippen LogP contribution in [0.1, 0.15) is 31.7 Å². The first-order chi connectivity index (χ1) is 10.3. The summed E-state index contributed by atoms with van der Waals surface area (Å²) in [7, 11) is 0. The minimum atomic E-state index is 0.127. The number of rotatable bonds is 6. The maximum Gasteiger partial charge on any atom is 0.0937 e. The quantitative estimate of drug-likeness (QED) is 0.754. The summed E-state index contributed by atoms with van der Waals surface area (Å²) in [4.78, 5) is 6.54. The molecule has 0 unspecified atom stereocenters. The normalized spacial score (nSPS) is 24.9. The molecule has 0 aromatic carbocycles. The molecule has 1 spiro atoms. The molecule has 0 radical (unpaired) electrons. The Hall–Kier alpha value is -0.970. The molecule has 0 saturated carbocycles. The Morgan fingerprint density at radius 3 is 2.95 bits per heavy atom. The van der Waals surface area contributed by atoms with E-state index < -0.39 is 0 Å². The Balaban J connectivity index is 1.45. The molecule has 21 heavy (non-hydrogen) atoms. The lowest BCUT2D eigenvalue weighted by atomic mass is 9.79. The van der Waals surface area contributed by atoms with Crippen molar-refractivity contribution in [2.45, 2.75) is 38.3 Å². The van der Waals surface area contributed by atoms with E-state index in [9.17, 15) is 0 Å². The van der Waals surface area contributed by atoms with Crippen molar-refractivity contribution in [3.05, 3.63) is 30.1 Å². The molecule has 116 valence electrons. The summed E-state index contributed by atoms with van der Waals surface area (Å²) in [5.41, 5.74) is 1.46. The summed E-state index contributed by atoms with van der Waals surface area (Å²) in [6, 6.07) is 4.19. The number of aromatic nitrogens is 1. The van der Waals surface area contributed by atoms with Crippen LogP contribution < -0.4 is 0 Å². The third kappa shape index (κ3) is 3.82. The Morgan fingerprint density at radius 2 is 2.19 bits per heavy atom. The Labute approximate surface area is 127 Å². The van der Waals surface area contributed by atoms with E-state index in [4.69, 9.17) is 9.47 Å². The van der Waals surface area contributed by atoms with E-state index in [1.165, 1.54) is 24.8 Å². The van der Waals surface area contributed by atoms with Gasteiger partial charge in [0.25, 0.3) is 0 Å². The van der Waals surface area contributed by atoms with Crippen molar-refractivity contribution in [3.8, 4) is 0 Å². The van der Waals surface area contributed by atoms with Gasteiger partial charge in [0.2, 0.25) is 0 Å². The molecule has 3 rings (SSSR count). The van der Waals surface area contributed by atoms with Crippen LogP contribution in [0.2, 0.25) is 0 Å². The molecule has 2 aliphatic rings. The molecule has 0 bridgehead atoms. The monoisotopic (exact) mass is 290 g/mol. The fourth-order valence-corrected chi connectivity index (χ4v) is 3.62. The zero-order valence-electron chi connectivity index (χ0n) is 13.0.